The first-order valence-electron chi connectivity index (χ1n) is 7.92. The molecule has 0 radical (unpaired) electrons. The van der Waals surface area contributed by atoms with Crippen molar-refractivity contribution in [3.63, 3.8) is 0 Å². The first-order valence-corrected chi connectivity index (χ1v) is 7.92. The highest BCUT2D eigenvalue weighted by Gasteiger charge is 2.43. The van der Waals surface area contributed by atoms with Crippen LogP contribution in [0.1, 0.15) is 45.2 Å². The van der Waals surface area contributed by atoms with E-state index < -0.39 is 0 Å². The molecule has 2 unspecified atom stereocenters. The van der Waals surface area contributed by atoms with Gasteiger partial charge in [0.15, 0.2) is 5.82 Å². The maximum Gasteiger partial charge on any atom is 0.150 e. The highest BCUT2D eigenvalue weighted by Crippen LogP contribution is 2.57. The zero-order valence-corrected chi connectivity index (χ0v) is 12.9. The Morgan fingerprint density at radius 1 is 0.625 bits per heavy atom. The number of nitrogen functional groups attached to an aromatic ring is 3. The summed E-state index contributed by atoms with van der Waals surface area (Å²) in [4.78, 5) is 0. The number of hydrogen-bond donors (Lipinski definition) is 3. The number of halogens is 1. The van der Waals surface area contributed by atoms with Crippen LogP contribution in [0.4, 0.5) is 21.5 Å². The van der Waals surface area contributed by atoms with Crippen molar-refractivity contribution in [2.75, 3.05) is 17.2 Å². The third-order valence-corrected chi connectivity index (χ3v) is 5.31. The van der Waals surface area contributed by atoms with Crippen LogP contribution < -0.4 is 17.2 Å². The molecule has 2 bridgehead atoms. The van der Waals surface area contributed by atoms with Crippen LogP contribution in [0.5, 0.6) is 0 Å². The van der Waals surface area contributed by atoms with Crippen LogP contribution >= 0.6 is 0 Å². The molecule has 0 saturated carbocycles. The molecule has 0 aromatic heterocycles. The molecule has 3 aliphatic carbocycles. The average Bonchev–Trinajstić information content (AvgIpc) is 2.57. The SMILES string of the molecule is Nc1ccc2c(c1)C1c3ccc(N)cc3C2c2c1ccc(N)c2F. The van der Waals surface area contributed by atoms with Gasteiger partial charge in [-0.3, -0.25) is 0 Å². The van der Waals surface area contributed by atoms with Crippen molar-refractivity contribution in [3.05, 3.63) is 87.7 Å². The van der Waals surface area contributed by atoms with Gasteiger partial charge in [-0.25, -0.2) is 4.39 Å². The molecule has 3 aromatic carbocycles. The van der Waals surface area contributed by atoms with Gasteiger partial charge in [-0.2, -0.15) is 0 Å². The minimum Gasteiger partial charge on any atom is -0.399 e. The number of benzene rings is 3. The molecule has 6 N–H and O–H groups in total. The average molecular weight is 317 g/mol. The zero-order chi connectivity index (χ0) is 16.6. The van der Waals surface area contributed by atoms with E-state index in [2.05, 4.69) is 0 Å². The highest BCUT2D eigenvalue weighted by atomic mass is 19.1. The van der Waals surface area contributed by atoms with E-state index in [1.54, 1.807) is 6.07 Å². The highest BCUT2D eigenvalue weighted by molar-refractivity contribution is 5.72. The van der Waals surface area contributed by atoms with Gasteiger partial charge in [0.25, 0.3) is 0 Å². The lowest BCUT2D eigenvalue weighted by atomic mass is 9.61. The first-order chi connectivity index (χ1) is 11.6. The summed E-state index contributed by atoms with van der Waals surface area (Å²) in [5, 5.41) is 0. The van der Waals surface area contributed by atoms with Crippen LogP contribution in [0.2, 0.25) is 0 Å². The van der Waals surface area contributed by atoms with Crippen LogP contribution in [0, 0.1) is 5.82 Å². The van der Waals surface area contributed by atoms with Crippen LogP contribution in [-0.2, 0) is 0 Å². The van der Waals surface area contributed by atoms with Crippen molar-refractivity contribution in [3.8, 4) is 0 Å². The van der Waals surface area contributed by atoms with Gasteiger partial charge in [0, 0.05) is 28.8 Å². The second-order valence-electron chi connectivity index (χ2n) is 6.61. The van der Waals surface area contributed by atoms with E-state index in [0.29, 0.717) is 11.3 Å². The van der Waals surface area contributed by atoms with Gasteiger partial charge in [-0.05, 0) is 58.1 Å². The molecule has 3 aromatic rings. The van der Waals surface area contributed by atoms with Crippen LogP contribution in [-0.4, -0.2) is 0 Å². The monoisotopic (exact) mass is 317 g/mol. The van der Waals surface area contributed by atoms with Crippen LogP contribution in [0.25, 0.3) is 0 Å². The lowest BCUT2D eigenvalue weighted by Gasteiger charge is -2.42. The first kappa shape index (κ1) is 13.4. The predicted molar refractivity (Wildman–Crippen MR) is 94.4 cm³/mol. The predicted octanol–water partition coefficient (Wildman–Crippen LogP) is 3.56. The Kier molecular flexibility index (Phi) is 2.40. The fourth-order valence-corrected chi connectivity index (χ4v) is 4.36. The zero-order valence-electron chi connectivity index (χ0n) is 12.9. The molecule has 0 saturated heterocycles. The fraction of sp³-hybridized carbons (Fsp3) is 0.100. The fourth-order valence-electron chi connectivity index (χ4n) is 4.36. The number of rotatable bonds is 0. The molecule has 0 fully saturated rings. The Bertz CT molecular complexity index is 1030. The summed E-state index contributed by atoms with van der Waals surface area (Å²) < 4.78 is 14.9. The molecule has 0 spiro atoms. The summed E-state index contributed by atoms with van der Waals surface area (Å²) in [6.07, 6.45) is 0. The normalized spacial score (nSPS) is 19.5. The van der Waals surface area contributed by atoms with Gasteiger partial charge < -0.3 is 17.2 Å². The Hall–Kier alpha value is -3.01. The molecular weight excluding hydrogens is 301 g/mol. The lowest BCUT2D eigenvalue weighted by molar-refractivity contribution is 0.592. The van der Waals surface area contributed by atoms with Crippen LogP contribution in [0.15, 0.2) is 48.5 Å². The number of nitrogens with two attached hydrogens (primary N) is 3. The van der Waals surface area contributed by atoms with Crippen LogP contribution in [0.3, 0.4) is 0 Å². The minimum absolute atomic E-state index is 0.0331. The molecular formula is C20H16FN3. The summed E-state index contributed by atoms with van der Waals surface area (Å²) in [6.45, 7) is 0. The van der Waals surface area contributed by atoms with E-state index in [0.717, 1.165) is 27.9 Å². The molecule has 24 heavy (non-hydrogen) atoms. The van der Waals surface area contributed by atoms with Crippen molar-refractivity contribution >= 4 is 17.1 Å². The summed E-state index contributed by atoms with van der Waals surface area (Å²) in [5.41, 5.74) is 25.6. The van der Waals surface area contributed by atoms with Gasteiger partial charge in [-0.1, -0.05) is 18.2 Å². The Morgan fingerprint density at radius 2 is 1.17 bits per heavy atom. The quantitative estimate of drug-likeness (QED) is 0.382. The van der Waals surface area contributed by atoms with E-state index in [1.807, 2.05) is 42.5 Å². The second-order valence-corrected chi connectivity index (χ2v) is 6.61. The van der Waals surface area contributed by atoms with E-state index in [9.17, 15) is 4.39 Å². The van der Waals surface area contributed by atoms with Gasteiger partial charge in [-0.15, -0.1) is 0 Å². The van der Waals surface area contributed by atoms with Gasteiger partial charge in [0.05, 0.1) is 5.69 Å². The van der Waals surface area contributed by atoms with E-state index in [1.165, 1.54) is 5.56 Å². The molecule has 118 valence electrons. The third-order valence-electron chi connectivity index (χ3n) is 5.31. The minimum atomic E-state index is -0.321. The molecule has 0 aliphatic heterocycles. The number of hydrogen-bond acceptors (Lipinski definition) is 3. The van der Waals surface area contributed by atoms with Crippen molar-refractivity contribution in [1.29, 1.82) is 0 Å². The van der Waals surface area contributed by atoms with Crippen molar-refractivity contribution < 1.29 is 4.39 Å². The summed E-state index contributed by atoms with van der Waals surface area (Å²) >= 11 is 0. The molecule has 3 nitrogen and oxygen atoms in total. The van der Waals surface area contributed by atoms with Crippen molar-refractivity contribution in [2.24, 2.45) is 0 Å². The summed E-state index contributed by atoms with van der Waals surface area (Å²) in [6, 6.07) is 15.4. The Balaban J connectivity index is 1.92. The second kappa shape index (κ2) is 4.29. The Morgan fingerprint density at radius 3 is 1.83 bits per heavy atom. The molecule has 0 heterocycles. The molecule has 4 heteroatoms. The van der Waals surface area contributed by atoms with E-state index >= 15 is 0 Å². The Labute approximate surface area is 138 Å². The van der Waals surface area contributed by atoms with Gasteiger partial charge in [0.2, 0.25) is 0 Å². The van der Waals surface area contributed by atoms with Crippen molar-refractivity contribution in [1.82, 2.24) is 0 Å². The molecule has 0 amide bonds. The largest absolute Gasteiger partial charge is 0.399 e. The summed E-state index contributed by atoms with van der Waals surface area (Å²) in [5.74, 6) is -0.546. The van der Waals surface area contributed by atoms with Gasteiger partial charge >= 0.3 is 0 Å². The topological polar surface area (TPSA) is 78.1 Å². The smallest absolute Gasteiger partial charge is 0.150 e. The van der Waals surface area contributed by atoms with Crippen molar-refractivity contribution in [2.45, 2.75) is 11.8 Å². The number of anilines is 3. The van der Waals surface area contributed by atoms with E-state index in [-0.39, 0.29) is 23.3 Å². The lowest BCUT2D eigenvalue weighted by Crippen LogP contribution is -2.29. The third kappa shape index (κ3) is 1.50. The molecule has 2 atom stereocenters. The van der Waals surface area contributed by atoms with E-state index in [4.69, 9.17) is 17.2 Å². The molecule has 6 rings (SSSR count). The molecule has 3 aliphatic rings. The maximum absolute atomic E-state index is 14.9. The maximum atomic E-state index is 14.9. The summed E-state index contributed by atoms with van der Waals surface area (Å²) in [7, 11) is 0. The van der Waals surface area contributed by atoms with Gasteiger partial charge in [0.1, 0.15) is 0 Å². The standard InChI is InChI=1S/C20H16FN3/c21-20-16(24)6-5-13-17-11-3-1-10(23)8-15(11)18(19(13)20)12-4-2-9(22)7-14(12)17/h1-8,17-18H,22-24H2.